The predicted molar refractivity (Wildman–Crippen MR) is 120 cm³/mol. The van der Waals surface area contributed by atoms with Crippen molar-refractivity contribution in [2.24, 2.45) is 0 Å². The summed E-state index contributed by atoms with van der Waals surface area (Å²) in [5.74, 6) is -0.423. The van der Waals surface area contributed by atoms with Crippen molar-refractivity contribution in [3.05, 3.63) is 92.4 Å². The Labute approximate surface area is 186 Å². The van der Waals surface area contributed by atoms with E-state index in [9.17, 15) is 18.0 Å². The quantitative estimate of drug-likeness (QED) is 0.611. The molecule has 1 amide bonds. The first-order chi connectivity index (χ1) is 14.6. The van der Waals surface area contributed by atoms with Gasteiger partial charge < -0.3 is 9.88 Å². The number of aryl methyl sites for hydroxylation is 3. The van der Waals surface area contributed by atoms with Crippen LogP contribution in [0.25, 0.3) is 0 Å². The van der Waals surface area contributed by atoms with E-state index in [4.69, 9.17) is 11.6 Å². The van der Waals surface area contributed by atoms with Gasteiger partial charge in [-0.15, -0.1) is 0 Å². The number of benzene rings is 2. The highest BCUT2D eigenvalue weighted by Gasteiger charge is 2.26. The van der Waals surface area contributed by atoms with Crippen molar-refractivity contribution < 1.29 is 13.2 Å². The molecule has 1 N–H and O–H groups in total. The molecule has 0 atom stereocenters. The fourth-order valence-electron chi connectivity index (χ4n) is 3.30. The summed E-state index contributed by atoms with van der Waals surface area (Å²) in [4.78, 5) is 25.4. The van der Waals surface area contributed by atoms with E-state index in [2.05, 4.69) is 5.32 Å². The van der Waals surface area contributed by atoms with Gasteiger partial charge >= 0.3 is 0 Å². The Morgan fingerprint density at radius 1 is 1.03 bits per heavy atom. The minimum absolute atomic E-state index is 0.0388. The number of rotatable bonds is 6. The number of aromatic nitrogens is 1. The molecule has 0 saturated carbocycles. The first kappa shape index (κ1) is 22.8. The van der Waals surface area contributed by atoms with E-state index in [1.165, 1.54) is 16.7 Å². The van der Waals surface area contributed by atoms with Gasteiger partial charge in [-0.2, -0.15) is 0 Å². The van der Waals surface area contributed by atoms with Gasteiger partial charge in [-0.3, -0.25) is 9.59 Å². The highest BCUT2D eigenvalue weighted by atomic mass is 35.5. The van der Waals surface area contributed by atoms with Crippen LogP contribution in [-0.4, -0.2) is 18.9 Å². The highest BCUT2D eigenvalue weighted by molar-refractivity contribution is 7.91. The summed E-state index contributed by atoms with van der Waals surface area (Å²) in [5.41, 5.74) is 1.78. The number of carbonyl (C=O) groups excluding carboxylic acids is 1. The van der Waals surface area contributed by atoms with E-state index in [1.807, 2.05) is 13.0 Å². The van der Waals surface area contributed by atoms with Crippen LogP contribution in [0.15, 0.2) is 69.2 Å². The maximum atomic E-state index is 13.2. The van der Waals surface area contributed by atoms with Crippen molar-refractivity contribution >= 4 is 27.3 Å². The Kier molecular flexibility index (Phi) is 6.67. The second-order valence-corrected chi connectivity index (χ2v) is 9.67. The molecule has 1 heterocycles. The summed E-state index contributed by atoms with van der Waals surface area (Å²) in [6.45, 7) is 5.00. The van der Waals surface area contributed by atoms with Crippen LogP contribution in [0.5, 0.6) is 0 Å². The number of sulfone groups is 1. The molecule has 0 saturated heterocycles. The number of amides is 1. The second kappa shape index (κ2) is 9.08. The van der Waals surface area contributed by atoms with Crippen LogP contribution in [0.2, 0.25) is 5.02 Å². The Bertz CT molecular complexity index is 1300. The van der Waals surface area contributed by atoms with Gasteiger partial charge in [0.25, 0.3) is 5.56 Å². The lowest BCUT2D eigenvalue weighted by Crippen LogP contribution is -2.35. The number of nitrogens with one attached hydrogen (secondary N) is 1. The van der Waals surface area contributed by atoms with Crippen molar-refractivity contribution in [1.82, 2.24) is 9.88 Å². The molecule has 3 rings (SSSR count). The normalized spacial score (nSPS) is 11.4. The second-order valence-electron chi connectivity index (χ2n) is 7.37. The fraction of sp³-hybridized carbons (Fsp3) is 0.217. The standard InChI is InChI=1S/C23H23ClN2O4S/c1-15-8-10-19(11-9-15)31(29,30)22-16(2)12-17(3)26(23(22)28)14-21(27)25-13-18-6-4-5-7-20(18)24/h4-12H,13-14H2,1-3H3,(H,25,27). The van der Waals surface area contributed by atoms with Crippen molar-refractivity contribution in [2.45, 2.75) is 43.7 Å². The van der Waals surface area contributed by atoms with Crippen LogP contribution in [0.1, 0.15) is 22.4 Å². The molecule has 3 aromatic rings. The molecule has 6 nitrogen and oxygen atoms in total. The summed E-state index contributed by atoms with van der Waals surface area (Å²) in [6, 6.07) is 15.0. The van der Waals surface area contributed by atoms with Gasteiger partial charge in [0.05, 0.1) is 4.90 Å². The minimum Gasteiger partial charge on any atom is -0.350 e. The van der Waals surface area contributed by atoms with Crippen LogP contribution in [0, 0.1) is 20.8 Å². The first-order valence-corrected chi connectivity index (χ1v) is 11.5. The topological polar surface area (TPSA) is 85.2 Å². The van der Waals surface area contributed by atoms with E-state index in [0.29, 0.717) is 16.3 Å². The maximum absolute atomic E-state index is 13.2. The Morgan fingerprint density at radius 2 is 1.68 bits per heavy atom. The third-order valence-corrected chi connectivity index (χ3v) is 7.28. The van der Waals surface area contributed by atoms with Crippen molar-refractivity contribution in [3.8, 4) is 0 Å². The Balaban J connectivity index is 1.92. The summed E-state index contributed by atoms with van der Waals surface area (Å²) in [7, 11) is -4.04. The lowest BCUT2D eigenvalue weighted by molar-refractivity contribution is -0.121. The van der Waals surface area contributed by atoms with Crippen molar-refractivity contribution in [2.75, 3.05) is 0 Å². The smallest absolute Gasteiger partial charge is 0.270 e. The summed E-state index contributed by atoms with van der Waals surface area (Å²) < 4.78 is 27.5. The number of nitrogens with zero attached hydrogens (tertiary/aromatic N) is 1. The maximum Gasteiger partial charge on any atom is 0.270 e. The Hall–Kier alpha value is -2.90. The van der Waals surface area contributed by atoms with E-state index in [0.717, 1.165) is 11.1 Å². The van der Waals surface area contributed by atoms with Gasteiger partial charge in [-0.05, 0) is 56.2 Å². The van der Waals surface area contributed by atoms with Gasteiger partial charge in [0.1, 0.15) is 11.4 Å². The summed E-state index contributed by atoms with van der Waals surface area (Å²) in [5, 5.41) is 3.25. The highest BCUT2D eigenvalue weighted by Crippen LogP contribution is 2.22. The molecule has 162 valence electrons. The monoisotopic (exact) mass is 458 g/mol. The number of hydrogen-bond acceptors (Lipinski definition) is 4. The molecule has 31 heavy (non-hydrogen) atoms. The molecule has 0 radical (unpaired) electrons. The molecule has 0 unspecified atom stereocenters. The molecule has 0 aliphatic rings. The molecule has 0 aliphatic carbocycles. The SMILES string of the molecule is Cc1ccc(S(=O)(=O)c2c(C)cc(C)n(CC(=O)NCc3ccccc3Cl)c2=O)cc1. The number of hydrogen-bond donors (Lipinski definition) is 1. The molecular formula is C23H23ClN2O4S. The molecular weight excluding hydrogens is 436 g/mol. The molecule has 2 aromatic carbocycles. The van der Waals surface area contributed by atoms with Crippen molar-refractivity contribution in [3.63, 3.8) is 0 Å². The van der Waals surface area contributed by atoms with Crippen LogP contribution in [0.4, 0.5) is 0 Å². The van der Waals surface area contributed by atoms with Gasteiger partial charge in [-0.1, -0.05) is 47.5 Å². The van der Waals surface area contributed by atoms with Crippen LogP contribution >= 0.6 is 11.6 Å². The number of carbonyl (C=O) groups is 1. The van der Waals surface area contributed by atoms with E-state index >= 15 is 0 Å². The minimum atomic E-state index is -4.04. The van der Waals surface area contributed by atoms with Crippen LogP contribution in [0.3, 0.4) is 0 Å². The van der Waals surface area contributed by atoms with Crippen LogP contribution < -0.4 is 10.9 Å². The zero-order valence-corrected chi connectivity index (χ0v) is 19.0. The van der Waals surface area contributed by atoms with E-state index < -0.39 is 21.3 Å². The van der Waals surface area contributed by atoms with Gasteiger partial charge in [-0.25, -0.2) is 8.42 Å². The number of halogens is 1. The summed E-state index contributed by atoms with van der Waals surface area (Å²) >= 11 is 6.10. The average molecular weight is 459 g/mol. The average Bonchev–Trinajstić information content (AvgIpc) is 2.70. The molecule has 1 aromatic heterocycles. The van der Waals surface area contributed by atoms with E-state index in [-0.39, 0.29) is 22.9 Å². The molecule has 0 bridgehead atoms. The summed E-state index contributed by atoms with van der Waals surface area (Å²) in [6.07, 6.45) is 0. The zero-order valence-electron chi connectivity index (χ0n) is 17.5. The van der Waals surface area contributed by atoms with E-state index in [1.54, 1.807) is 50.2 Å². The lowest BCUT2D eigenvalue weighted by Gasteiger charge is -2.15. The largest absolute Gasteiger partial charge is 0.350 e. The van der Waals surface area contributed by atoms with Crippen LogP contribution in [-0.2, 0) is 27.7 Å². The van der Waals surface area contributed by atoms with Crippen molar-refractivity contribution in [1.29, 1.82) is 0 Å². The molecule has 0 spiro atoms. The van der Waals surface area contributed by atoms with Gasteiger partial charge in [0.15, 0.2) is 0 Å². The van der Waals surface area contributed by atoms with Gasteiger partial charge in [0.2, 0.25) is 15.7 Å². The third kappa shape index (κ3) is 4.89. The Morgan fingerprint density at radius 3 is 2.32 bits per heavy atom. The number of pyridine rings is 1. The molecule has 0 aliphatic heterocycles. The first-order valence-electron chi connectivity index (χ1n) is 9.64. The lowest BCUT2D eigenvalue weighted by atomic mass is 10.2. The molecule has 8 heteroatoms. The third-order valence-electron chi connectivity index (χ3n) is 4.98. The zero-order chi connectivity index (χ0) is 22.8. The molecule has 0 fully saturated rings. The van der Waals surface area contributed by atoms with Gasteiger partial charge in [0, 0.05) is 17.3 Å². The predicted octanol–water partition coefficient (Wildman–Crippen LogP) is 3.58. The fourth-order valence-corrected chi connectivity index (χ4v) is 5.06.